The van der Waals surface area contributed by atoms with Crippen LogP contribution >= 0.6 is 23.1 Å². The Balaban J connectivity index is 1.65. The van der Waals surface area contributed by atoms with Crippen LogP contribution in [0.2, 0.25) is 0 Å². The average Bonchev–Trinajstić information content (AvgIpc) is 3.48. The lowest BCUT2D eigenvalue weighted by atomic mass is 10.1. The molecule has 0 N–H and O–H groups in total. The van der Waals surface area contributed by atoms with Crippen LogP contribution in [0.1, 0.15) is 28.2 Å². The first-order valence-corrected chi connectivity index (χ1v) is 13.2. The molecule has 0 saturated carbocycles. The molecule has 0 bridgehead atoms. The summed E-state index contributed by atoms with van der Waals surface area (Å²) in [7, 11) is -3.24. The van der Waals surface area contributed by atoms with Gasteiger partial charge in [0.2, 0.25) is 0 Å². The first kappa shape index (κ1) is 22.5. The Morgan fingerprint density at radius 2 is 2.22 bits per heavy atom. The van der Waals surface area contributed by atoms with E-state index in [0.717, 1.165) is 5.69 Å². The summed E-state index contributed by atoms with van der Waals surface area (Å²) in [5.41, 5.74) is 0.741. The van der Waals surface area contributed by atoms with Crippen LogP contribution < -0.4 is 0 Å². The van der Waals surface area contributed by atoms with Crippen molar-refractivity contribution in [2.45, 2.75) is 35.2 Å². The highest BCUT2D eigenvalue weighted by atomic mass is 32.2. The Morgan fingerprint density at radius 3 is 2.81 bits per heavy atom. The maximum Gasteiger partial charge on any atom is 0.284 e. The molecule has 1 fully saturated rings. The van der Waals surface area contributed by atoms with Crippen LogP contribution in [0.15, 0.2) is 55.6 Å². The largest absolute Gasteiger partial charge is 0.467 e. The fourth-order valence-electron chi connectivity index (χ4n) is 3.48. The van der Waals surface area contributed by atoms with Gasteiger partial charge in [0.05, 0.1) is 34.1 Å². The van der Waals surface area contributed by atoms with Crippen LogP contribution in [0.4, 0.5) is 5.69 Å². The molecule has 1 aromatic carbocycles. The van der Waals surface area contributed by atoms with Crippen molar-refractivity contribution in [1.29, 1.82) is 0 Å². The number of nitro groups is 1. The number of sulfone groups is 1. The molecule has 32 heavy (non-hydrogen) atoms. The first-order valence-electron chi connectivity index (χ1n) is 9.64. The number of hydrogen-bond donors (Lipinski definition) is 0. The predicted octanol–water partition coefficient (Wildman–Crippen LogP) is 3.93. The summed E-state index contributed by atoms with van der Waals surface area (Å²) in [4.78, 5) is 30.7. The van der Waals surface area contributed by atoms with E-state index >= 15 is 0 Å². The van der Waals surface area contributed by atoms with Crippen molar-refractivity contribution in [3.63, 3.8) is 0 Å². The Labute approximate surface area is 192 Å². The number of carbonyl (C=O) groups excluding carboxylic acids is 1. The van der Waals surface area contributed by atoms with Crippen molar-refractivity contribution < 1.29 is 22.6 Å². The monoisotopic (exact) mass is 493 g/mol. The zero-order chi connectivity index (χ0) is 22.9. The van der Waals surface area contributed by atoms with Crippen molar-refractivity contribution >= 4 is 44.5 Å². The molecule has 168 valence electrons. The van der Waals surface area contributed by atoms with Crippen molar-refractivity contribution in [1.82, 2.24) is 9.88 Å². The highest BCUT2D eigenvalue weighted by molar-refractivity contribution is 8.01. The number of carbonyl (C=O) groups is 1. The van der Waals surface area contributed by atoms with Gasteiger partial charge in [0.15, 0.2) is 14.2 Å². The van der Waals surface area contributed by atoms with E-state index in [1.165, 1.54) is 52.5 Å². The number of thiazole rings is 1. The zero-order valence-corrected chi connectivity index (χ0v) is 19.4. The lowest BCUT2D eigenvalue weighted by molar-refractivity contribution is -0.387. The molecule has 0 spiro atoms. The predicted molar refractivity (Wildman–Crippen MR) is 120 cm³/mol. The van der Waals surface area contributed by atoms with Crippen LogP contribution in [0.5, 0.6) is 0 Å². The van der Waals surface area contributed by atoms with Gasteiger partial charge in [0.1, 0.15) is 5.76 Å². The van der Waals surface area contributed by atoms with E-state index in [1.807, 2.05) is 12.3 Å². The fourth-order valence-corrected chi connectivity index (χ4v) is 7.09. The number of nitro benzene ring substituents is 1. The van der Waals surface area contributed by atoms with Gasteiger partial charge in [0.25, 0.3) is 11.6 Å². The number of amides is 1. The molecule has 3 heterocycles. The van der Waals surface area contributed by atoms with Crippen LogP contribution in [-0.4, -0.2) is 46.7 Å². The van der Waals surface area contributed by atoms with Crippen LogP contribution in [-0.2, 0) is 16.4 Å². The van der Waals surface area contributed by atoms with Crippen molar-refractivity contribution in [3.05, 3.63) is 69.1 Å². The number of rotatable bonds is 7. The Kier molecular flexibility index (Phi) is 6.35. The van der Waals surface area contributed by atoms with Gasteiger partial charge in [-0.1, -0.05) is 11.8 Å². The Hall–Kier alpha value is -2.70. The lowest BCUT2D eigenvalue weighted by Gasteiger charge is -2.27. The molecular formula is C20H19N3O6S3. The van der Waals surface area contributed by atoms with Crippen LogP contribution in [0.3, 0.4) is 0 Å². The minimum atomic E-state index is -3.24. The molecule has 4 rings (SSSR count). The van der Waals surface area contributed by atoms with Gasteiger partial charge in [-0.15, -0.1) is 11.3 Å². The van der Waals surface area contributed by atoms with Gasteiger partial charge in [0, 0.05) is 28.7 Å². The molecule has 1 amide bonds. The number of furan rings is 1. The molecule has 0 aliphatic carbocycles. The van der Waals surface area contributed by atoms with E-state index in [-0.39, 0.29) is 29.3 Å². The molecular weight excluding hydrogens is 474 g/mol. The smallest absolute Gasteiger partial charge is 0.284 e. The minimum Gasteiger partial charge on any atom is -0.467 e. The Morgan fingerprint density at radius 1 is 1.41 bits per heavy atom. The van der Waals surface area contributed by atoms with Gasteiger partial charge in [-0.2, -0.15) is 0 Å². The summed E-state index contributed by atoms with van der Waals surface area (Å²) in [6.07, 6.45) is 1.79. The summed E-state index contributed by atoms with van der Waals surface area (Å²) in [5.74, 6) is -0.113. The molecule has 12 heteroatoms. The number of hydrogen-bond acceptors (Lipinski definition) is 9. The number of nitrogens with zero attached hydrogens (tertiary/aromatic N) is 3. The second kappa shape index (κ2) is 9.04. The number of benzene rings is 1. The topological polar surface area (TPSA) is 124 Å². The summed E-state index contributed by atoms with van der Waals surface area (Å²) in [6.45, 7) is 1.92. The highest BCUT2D eigenvalue weighted by Crippen LogP contribution is 2.37. The molecule has 0 radical (unpaired) electrons. The lowest BCUT2D eigenvalue weighted by Crippen LogP contribution is -2.40. The van der Waals surface area contributed by atoms with Crippen molar-refractivity contribution in [2.24, 2.45) is 0 Å². The quantitative estimate of drug-likeness (QED) is 0.358. The van der Waals surface area contributed by atoms with Crippen LogP contribution in [0, 0.1) is 17.0 Å². The molecule has 1 unspecified atom stereocenters. The molecule has 1 aliphatic heterocycles. The van der Waals surface area contributed by atoms with Gasteiger partial charge in [-0.3, -0.25) is 14.9 Å². The van der Waals surface area contributed by atoms with E-state index in [9.17, 15) is 23.3 Å². The molecule has 3 aromatic rings. The molecule has 2 aromatic heterocycles. The third-order valence-electron chi connectivity index (χ3n) is 5.01. The van der Waals surface area contributed by atoms with Gasteiger partial charge >= 0.3 is 0 Å². The van der Waals surface area contributed by atoms with Crippen LogP contribution in [0.25, 0.3) is 0 Å². The summed E-state index contributed by atoms with van der Waals surface area (Å²) >= 11 is 2.55. The standard InChI is InChI=1S/C20H19N3O6S3/c1-13-11-30-20(21-13)31-18-5-4-14(9-17(18)23(25)26)19(24)22(10-16-3-2-7-29-16)15-6-8-32(27,28)12-15/h2-5,7,9,11,15H,6,8,10,12H2,1H3. The summed E-state index contributed by atoms with van der Waals surface area (Å²) in [6, 6.07) is 7.15. The third-order valence-corrected chi connectivity index (χ3v) is 8.89. The van der Waals surface area contributed by atoms with E-state index in [1.54, 1.807) is 12.1 Å². The fraction of sp³-hybridized carbons (Fsp3) is 0.300. The maximum absolute atomic E-state index is 13.4. The number of aryl methyl sites for hydroxylation is 1. The maximum atomic E-state index is 13.4. The van der Waals surface area contributed by atoms with Gasteiger partial charge in [-0.25, -0.2) is 13.4 Å². The first-order chi connectivity index (χ1) is 15.2. The molecule has 1 atom stereocenters. The normalized spacial score (nSPS) is 17.3. The van der Waals surface area contributed by atoms with Crippen molar-refractivity contribution in [2.75, 3.05) is 11.5 Å². The summed E-state index contributed by atoms with van der Waals surface area (Å²) < 4.78 is 30.0. The average molecular weight is 494 g/mol. The number of aromatic nitrogens is 1. The second-order valence-electron chi connectivity index (χ2n) is 7.37. The van der Waals surface area contributed by atoms with E-state index in [0.29, 0.717) is 21.4 Å². The Bertz CT molecular complexity index is 1250. The van der Waals surface area contributed by atoms with E-state index in [2.05, 4.69) is 4.98 Å². The van der Waals surface area contributed by atoms with Gasteiger partial charge < -0.3 is 9.32 Å². The second-order valence-corrected chi connectivity index (χ2v) is 11.7. The molecule has 1 aliphatic rings. The van der Waals surface area contributed by atoms with Crippen molar-refractivity contribution in [3.8, 4) is 0 Å². The molecule has 9 nitrogen and oxygen atoms in total. The van der Waals surface area contributed by atoms with Gasteiger partial charge in [-0.05, 0) is 37.6 Å². The SMILES string of the molecule is Cc1csc(Sc2ccc(C(=O)N(Cc3ccco3)C3CCS(=O)(=O)C3)cc2[N+](=O)[O-])n1. The third kappa shape index (κ3) is 5.03. The zero-order valence-electron chi connectivity index (χ0n) is 17.0. The van der Waals surface area contributed by atoms with E-state index in [4.69, 9.17) is 4.42 Å². The highest BCUT2D eigenvalue weighted by Gasteiger charge is 2.36. The van der Waals surface area contributed by atoms with E-state index < -0.39 is 26.7 Å². The summed E-state index contributed by atoms with van der Waals surface area (Å²) in [5, 5.41) is 13.6. The molecule has 1 saturated heterocycles. The minimum absolute atomic E-state index is 0.00254.